The van der Waals surface area contributed by atoms with Gasteiger partial charge in [0.2, 0.25) is 65.0 Å². The van der Waals surface area contributed by atoms with Crippen LogP contribution in [-0.4, -0.2) is 202 Å². The largest absolute Gasteiger partial charge is 0.508 e. The van der Waals surface area contributed by atoms with Crippen molar-refractivity contribution in [3.63, 3.8) is 0 Å². The van der Waals surface area contributed by atoms with Gasteiger partial charge in [0.25, 0.3) is 0 Å². The molecule has 13 atom stereocenters. The third-order valence-corrected chi connectivity index (χ3v) is 21.5. The fourth-order valence-electron chi connectivity index (χ4n) is 13.1. The van der Waals surface area contributed by atoms with Gasteiger partial charge in [-0.25, -0.2) is 4.79 Å². The van der Waals surface area contributed by atoms with Crippen molar-refractivity contribution in [2.45, 2.75) is 239 Å². The van der Waals surface area contributed by atoms with Crippen LogP contribution in [-0.2, 0) is 86.3 Å². The maximum atomic E-state index is 15.1. The molecule has 0 unspecified atom stereocenters. The number of carbonyl (C=O) groups excluding carboxylic acids is 12. The molecule has 0 aliphatic carbocycles. The van der Waals surface area contributed by atoms with Gasteiger partial charge in [0.15, 0.2) is 0 Å². The second-order valence-corrected chi connectivity index (χ2v) is 31.7. The van der Waals surface area contributed by atoms with E-state index in [1.165, 1.54) is 54.6 Å². The van der Waals surface area contributed by atoms with Crippen LogP contribution in [0.2, 0.25) is 0 Å². The topological polar surface area (TPSA) is 463 Å². The van der Waals surface area contributed by atoms with Crippen molar-refractivity contribution in [1.82, 2.24) is 63.1 Å². The number of nitrogens with zero attached hydrogens (tertiary/aromatic N) is 1. The number of rotatable bonds is 49. The standard InChI is InChI=1S/C85H124N14O16S/c1-13-54(9)73(98-83(112)74(55(10)14-2)97-76(105)62(87)43-58-35-37-60(100)38-36-58)82(111)91-64(33-20-21-40-86)77(106)89-48-70(101)96-72(51(5)6)81(110)93-65(44-57-29-16-15-17-30-57)78(107)92-66(45-59-47-88-63-32-19-18-31-61(59)63)79(108)94-67(46-71(102)103)84(113)99-41-24-34-69(99)80(109)90-56(11)75(104)95-68(85(114)115-12)49-116-42-39-53(8)28-23-27-52(7)26-22-25-50(3)4/h15-19,25,27,29-32,35-39,47,51,54-56,62,64-69,72-74,88,100H,13-14,20-24,26,28,33-34,40-46,48-49,86-87H2,1-12H3,(H,89,106)(H,90,109)(H,91,111)(H,92,107)(H,93,110)(H,94,108)(H,95,104)(H,96,101)(H,97,105)(H,98,112)(H,102,103)/b52-27+,53-39-/t54-,55-,56-,62-,64-,65-,66-,67-,68-,69-,72-,73-,74-/m0/s1. The number of unbranched alkanes of at least 4 members (excludes halogenated alkanes) is 1. The number of aliphatic carboxylic acids is 1. The van der Waals surface area contributed by atoms with E-state index in [0.717, 1.165) is 30.6 Å². The molecule has 31 heteroatoms. The Morgan fingerprint density at radius 2 is 1.16 bits per heavy atom. The fourth-order valence-corrected chi connectivity index (χ4v) is 14.1. The van der Waals surface area contributed by atoms with Gasteiger partial charge >= 0.3 is 11.9 Å². The molecule has 5 rings (SSSR count). The predicted molar refractivity (Wildman–Crippen MR) is 446 cm³/mol. The maximum absolute atomic E-state index is 15.1. The number of esters is 1. The number of benzene rings is 3. The van der Waals surface area contributed by atoms with Gasteiger partial charge in [-0.3, -0.25) is 57.5 Å². The summed E-state index contributed by atoms with van der Waals surface area (Å²) in [4.78, 5) is 187. The van der Waals surface area contributed by atoms with Crippen LogP contribution in [0.5, 0.6) is 5.75 Å². The van der Waals surface area contributed by atoms with E-state index < -0.39 is 174 Å². The average Bonchev–Trinajstić information content (AvgIpc) is 1.64. The Hall–Kier alpha value is -10.4. The third kappa shape index (κ3) is 32.0. The summed E-state index contributed by atoms with van der Waals surface area (Å²) in [6.45, 7) is 19.7. The number of phenols is 1. The molecule has 17 N–H and O–H groups in total. The number of hydrogen-bond acceptors (Lipinski definition) is 18. The third-order valence-electron chi connectivity index (χ3n) is 20.6. The van der Waals surface area contributed by atoms with Gasteiger partial charge in [-0.2, -0.15) is 11.8 Å². The summed E-state index contributed by atoms with van der Waals surface area (Å²) < 4.78 is 5.01. The Bertz CT molecular complexity index is 4050. The molecule has 11 amide bonds. The molecule has 1 fully saturated rings. The molecule has 0 bridgehead atoms. The van der Waals surface area contributed by atoms with Gasteiger partial charge in [0.1, 0.15) is 66.2 Å². The van der Waals surface area contributed by atoms with Crippen LogP contribution in [0.1, 0.15) is 170 Å². The molecule has 1 aliphatic rings. The molecule has 636 valence electrons. The molecule has 30 nitrogen and oxygen atoms in total. The summed E-state index contributed by atoms with van der Waals surface area (Å²) >= 11 is 1.41. The summed E-state index contributed by atoms with van der Waals surface area (Å²) in [6, 6.07) is 7.46. The zero-order chi connectivity index (χ0) is 85.7. The number of aromatic amines is 1. The lowest BCUT2D eigenvalue weighted by molar-refractivity contribution is -0.146. The number of thioether (sulfide) groups is 1. The average molecular weight is 1630 g/mol. The molecule has 3 aromatic carbocycles. The smallest absolute Gasteiger partial charge is 0.329 e. The van der Waals surface area contributed by atoms with E-state index in [1.54, 1.807) is 101 Å². The zero-order valence-corrected chi connectivity index (χ0v) is 70.0. The summed E-state index contributed by atoms with van der Waals surface area (Å²) in [5, 5.41) is 47.6. The van der Waals surface area contributed by atoms with E-state index in [1.807, 2.05) is 20.8 Å². The van der Waals surface area contributed by atoms with Gasteiger partial charge < -0.3 is 89.5 Å². The number of para-hydroxylation sites is 1. The van der Waals surface area contributed by atoms with Crippen LogP contribution in [0.15, 0.2) is 120 Å². The van der Waals surface area contributed by atoms with E-state index in [-0.39, 0.29) is 63.1 Å². The predicted octanol–water partition coefficient (Wildman–Crippen LogP) is 5.40. The van der Waals surface area contributed by atoms with Crippen LogP contribution in [0.4, 0.5) is 0 Å². The Balaban J connectivity index is 1.30. The molecule has 2 heterocycles. The molecule has 0 radical (unpaired) electrons. The second kappa shape index (κ2) is 49.5. The molecule has 1 aliphatic heterocycles. The van der Waals surface area contributed by atoms with Crippen LogP contribution in [0.3, 0.4) is 0 Å². The number of aromatic hydroxyl groups is 1. The number of ether oxygens (including phenoxy) is 1. The number of H-pyrrole nitrogens is 1. The van der Waals surface area contributed by atoms with Crippen molar-refractivity contribution >= 4 is 99.6 Å². The first-order valence-corrected chi connectivity index (χ1v) is 41.3. The van der Waals surface area contributed by atoms with Crippen LogP contribution < -0.4 is 64.6 Å². The minimum absolute atomic E-state index is 0.0399. The first kappa shape index (κ1) is 96.2. The number of methoxy groups -OCH3 is 1. The summed E-state index contributed by atoms with van der Waals surface area (Å²) in [7, 11) is 1.20. The molecule has 0 saturated carbocycles. The van der Waals surface area contributed by atoms with E-state index in [4.69, 9.17) is 16.2 Å². The second-order valence-electron chi connectivity index (χ2n) is 30.6. The first-order chi connectivity index (χ1) is 55.2. The van der Waals surface area contributed by atoms with Gasteiger partial charge in [0, 0.05) is 48.0 Å². The zero-order valence-electron chi connectivity index (χ0n) is 69.2. The van der Waals surface area contributed by atoms with E-state index in [0.29, 0.717) is 59.0 Å². The number of carboxylic acid groups (broad SMARTS) is 1. The van der Waals surface area contributed by atoms with Gasteiger partial charge in [-0.15, -0.1) is 0 Å². The number of hydrogen-bond donors (Lipinski definition) is 15. The number of carboxylic acids is 1. The van der Waals surface area contributed by atoms with Crippen molar-refractivity contribution < 1.29 is 77.3 Å². The van der Waals surface area contributed by atoms with Crippen molar-refractivity contribution in [3.05, 3.63) is 137 Å². The normalized spacial score (nSPS) is 16.0. The van der Waals surface area contributed by atoms with Crippen molar-refractivity contribution in [2.24, 2.45) is 29.2 Å². The van der Waals surface area contributed by atoms with Crippen molar-refractivity contribution in [1.29, 1.82) is 0 Å². The Kier molecular flexibility index (Phi) is 41.0. The van der Waals surface area contributed by atoms with Crippen molar-refractivity contribution in [3.8, 4) is 5.75 Å². The molecule has 1 aromatic heterocycles. The number of amides is 11. The Morgan fingerprint density at radius 1 is 0.603 bits per heavy atom. The van der Waals surface area contributed by atoms with E-state index in [2.05, 4.69) is 97.2 Å². The minimum Gasteiger partial charge on any atom is -0.508 e. The monoisotopic (exact) mass is 1630 g/mol. The summed E-state index contributed by atoms with van der Waals surface area (Å²) in [5.74, 6) is -11.8. The van der Waals surface area contributed by atoms with E-state index in [9.17, 15) is 63.0 Å². The molecule has 4 aromatic rings. The molecule has 0 spiro atoms. The lowest BCUT2D eigenvalue weighted by Gasteiger charge is -2.30. The maximum Gasteiger partial charge on any atom is 0.329 e. The molecular weight excluding hydrogens is 1510 g/mol. The molecule has 1 saturated heterocycles. The van der Waals surface area contributed by atoms with E-state index >= 15 is 9.59 Å². The van der Waals surface area contributed by atoms with Crippen LogP contribution >= 0.6 is 11.8 Å². The van der Waals surface area contributed by atoms with Gasteiger partial charge in [-0.05, 0) is 158 Å². The SMILES string of the molecule is CC[C@H](C)[C@H](NC(=O)[C@@H](NC(=O)[C@@H](N)Cc1ccc(O)cc1)[C@@H](C)CC)C(=O)N[C@@H](CCCCN)C(=O)NCC(=O)N[C@H](C(=O)N[C@@H](Cc1ccccc1)C(=O)N[C@@H](Cc1c[nH]c2ccccc12)C(=O)N[C@@H](CC(=O)O)C(=O)N1CCC[C@H]1C(=O)N[C@@H](C)C(=O)N[C@@H](CSC/C=C(/C)CC/C=C(\C)CCC=C(C)C)C(=O)OC)C(C)C. The number of nitrogens with two attached hydrogens (primary N) is 2. The highest BCUT2D eigenvalue weighted by Gasteiger charge is 2.42. The molecular formula is C85H124N14O16S. The van der Waals surface area contributed by atoms with Crippen molar-refractivity contribution in [2.75, 3.05) is 38.2 Å². The van der Waals surface area contributed by atoms with Crippen LogP contribution in [0.25, 0.3) is 10.9 Å². The highest BCUT2D eigenvalue weighted by Crippen LogP contribution is 2.24. The van der Waals surface area contributed by atoms with Crippen LogP contribution in [0, 0.1) is 17.8 Å². The first-order valence-electron chi connectivity index (χ1n) is 40.1. The number of aromatic nitrogens is 1. The quantitative estimate of drug-likeness (QED) is 0.0150. The number of fused-ring (bicyclic) bond motifs is 1. The number of phenolic OH excluding ortho intramolecular Hbond substituents is 1. The van der Waals surface area contributed by atoms with Gasteiger partial charge in [-0.1, -0.05) is 150 Å². The lowest BCUT2D eigenvalue weighted by Crippen LogP contribution is -2.61. The summed E-state index contributed by atoms with van der Waals surface area (Å²) in [5.41, 5.74) is 18.3. The van der Waals surface area contributed by atoms with Gasteiger partial charge in [0.05, 0.1) is 26.1 Å². The summed E-state index contributed by atoms with van der Waals surface area (Å²) in [6.07, 6.45) is 12.8. The minimum atomic E-state index is -1.81. The molecule has 116 heavy (non-hydrogen) atoms. The Morgan fingerprint density at radius 3 is 1.78 bits per heavy atom. The highest BCUT2D eigenvalue weighted by atomic mass is 32.2. The Labute approximate surface area is 685 Å². The number of likely N-dealkylation sites (tertiary alicyclic amines) is 1. The number of nitrogens with one attached hydrogen (secondary N) is 11. The lowest BCUT2D eigenvalue weighted by atomic mass is 9.94. The number of allylic oxidation sites excluding steroid dienone is 5. The fraction of sp³-hybridized carbons (Fsp3) is 0.541. The highest BCUT2D eigenvalue weighted by molar-refractivity contribution is 7.99. The number of carbonyl (C=O) groups is 13.